The Balaban J connectivity index is 2.62. The van der Waals surface area contributed by atoms with Gasteiger partial charge in [0.2, 0.25) is 0 Å². The Bertz CT molecular complexity index is 374. The van der Waals surface area contributed by atoms with Crippen LogP contribution >= 0.6 is 11.6 Å². The first-order valence-electron chi connectivity index (χ1n) is 4.86. The Morgan fingerprint density at radius 3 is 2.71 bits per heavy atom. The second-order valence-corrected chi connectivity index (χ2v) is 4.27. The van der Waals surface area contributed by atoms with Gasteiger partial charge in [0.25, 0.3) is 0 Å². The van der Waals surface area contributed by atoms with Gasteiger partial charge in [0.05, 0.1) is 0 Å². The molecule has 1 aromatic carbocycles. The Morgan fingerprint density at radius 2 is 2.07 bits per heavy atom. The number of halogens is 2. The summed E-state index contributed by atoms with van der Waals surface area (Å²) in [6, 6.07) is 1.38. The summed E-state index contributed by atoms with van der Waals surface area (Å²) in [7, 11) is 0. The van der Waals surface area contributed by atoms with Crippen molar-refractivity contribution in [3.05, 3.63) is 33.6 Å². The Labute approximate surface area is 88.1 Å². The van der Waals surface area contributed by atoms with Crippen LogP contribution in [0.4, 0.5) is 4.39 Å². The molecule has 0 aliphatic heterocycles. The minimum Gasteiger partial charge on any atom is -0.324 e. The molecule has 0 saturated heterocycles. The number of hydrogen-bond acceptors (Lipinski definition) is 1. The van der Waals surface area contributed by atoms with E-state index in [4.69, 9.17) is 17.3 Å². The predicted octanol–water partition coefficient (Wildman–Crippen LogP) is 2.99. The highest BCUT2D eigenvalue weighted by Crippen LogP contribution is 2.34. The summed E-state index contributed by atoms with van der Waals surface area (Å²) >= 11 is 6.07. The fourth-order valence-electron chi connectivity index (χ4n) is 2.04. The number of rotatable bonds is 1. The molecule has 76 valence electrons. The molecule has 1 unspecified atom stereocenters. The Kier molecular flexibility index (Phi) is 2.50. The normalized spacial score (nSPS) is 16.9. The van der Waals surface area contributed by atoms with E-state index in [0.717, 1.165) is 30.4 Å². The van der Waals surface area contributed by atoms with Gasteiger partial charge in [-0.3, -0.25) is 0 Å². The molecule has 1 atom stereocenters. The average molecular weight is 214 g/mol. The van der Waals surface area contributed by atoms with Crippen molar-refractivity contribution in [3.8, 4) is 0 Å². The highest BCUT2D eigenvalue weighted by molar-refractivity contribution is 6.31. The maximum Gasteiger partial charge on any atom is 0.131 e. The molecule has 1 aromatic rings. The van der Waals surface area contributed by atoms with Crippen LogP contribution in [0, 0.1) is 5.82 Å². The van der Waals surface area contributed by atoms with Crippen molar-refractivity contribution in [1.29, 1.82) is 0 Å². The maximum atomic E-state index is 13.9. The van der Waals surface area contributed by atoms with Crippen molar-refractivity contribution in [2.24, 2.45) is 5.73 Å². The molecule has 0 spiro atoms. The van der Waals surface area contributed by atoms with Gasteiger partial charge in [0, 0.05) is 16.6 Å². The van der Waals surface area contributed by atoms with Gasteiger partial charge in [0.1, 0.15) is 5.82 Å². The van der Waals surface area contributed by atoms with Crippen molar-refractivity contribution < 1.29 is 4.39 Å². The van der Waals surface area contributed by atoms with Crippen LogP contribution in [0.2, 0.25) is 5.02 Å². The quantitative estimate of drug-likeness (QED) is 0.763. The number of hydrogen-bond donors (Lipinski definition) is 1. The lowest BCUT2D eigenvalue weighted by Gasteiger charge is -2.12. The highest BCUT2D eigenvalue weighted by atomic mass is 35.5. The molecule has 0 aromatic heterocycles. The zero-order valence-corrected chi connectivity index (χ0v) is 8.87. The van der Waals surface area contributed by atoms with E-state index in [1.807, 2.05) is 0 Å². The summed E-state index contributed by atoms with van der Waals surface area (Å²) in [6.45, 7) is 1.77. The number of benzene rings is 1. The summed E-state index contributed by atoms with van der Waals surface area (Å²) in [5, 5.41) is 0.672. The first-order valence-corrected chi connectivity index (χ1v) is 5.24. The lowest BCUT2D eigenvalue weighted by Crippen LogP contribution is -2.09. The average Bonchev–Trinajstić information content (AvgIpc) is 2.59. The maximum absolute atomic E-state index is 13.9. The summed E-state index contributed by atoms with van der Waals surface area (Å²) < 4.78 is 13.9. The second-order valence-electron chi connectivity index (χ2n) is 3.86. The van der Waals surface area contributed by atoms with Crippen molar-refractivity contribution in [1.82, 2.24) is 0 Å². The molecule has 0 heterocycles. The molecule has 1 aliphatic carbocycles. The van der Waals surface area contributed by atoms with E-state index < -0.39 is 0 Å². The lowest BCUT2D eigenvalue weighted by molar-refractivity contribution is 0.580. The van der Waals surface area contributed by atoms with Gasteiger partial charge in [-0.15, -0.1) is 0 Å². The molecule has 2 N–H and O–H groups in total. The van der Waals surface area contributed by atoms with Crippen molar-refractivity contribution in [2.45, 2.75) is 32.2 Å². The molecule has 0 amide bonds. The molecule has 2 rings (SSSR count). The van der Waals surface area contributed by atoms with Gasteiger partial charge in [-0.2, -0.15) is 0 Å². The molecule has 0 fully saturated rings. The Hall–Kier alpha value is -0.600. The van der Waals surface area contributed by atoms with Crippen LogP contribution in [0.1, 0.15) is 36.1 Å². The summed E-state index contributed by atoms with van der Waals surface area (Å²) in [5.41, 5.74) is 7.98. The third-order valence-corrected chi connectivity index (χ3v) is 3.13. The Morgan fingerprint density at radius 1 is 1.43 bits per heavy atom. The highest BCUT2D eigenvalue weighted by Gasteiger charge is 2.22. The molecule has 0 saturated carbocycles. The molecule has 0 radical (unpaired) electrons. The van der Waals surface area contributed by atoms with Gasteiger partial charge in [-0.05, 0) is 43.4 Å². The van der Waals surface area contributed by atoms with Crippen LogP contribution in [0.25, 0.3) is 0 Å². The number of fused-ring (bicyclic) bond motifs is 1. The van der Waals surface area contributed by atoms with Crippen molar-refractivity contribution in [3.63, 3.8) is 0 Å². The standard InChI is InChI=1S/C11H13ClFN/c1-6(14)9-5-10(12)7-3-2-4-8(7)11(9)13/h5-6H,2-4,14H2,1H3. The molecule has 3 heteroatoms. The monoisotopic (exact) mass is 213 g/mol. The van der Waals surface area contributed by atoms with E-state index in [9.17, 15) is 4.39 Å². The zero-order chi connectivity index (χ0) is 10.3. The van der Waals surface area contributed by atoms with Gasteiger partial charge in [-0.1, -0.05) is 11.6 Å². The minimum atomic E-state index is -0.293. The van der Waals surface area contributed by atoms with E-state index in [2.05, 4.69) is 0 Å². The van der Waals surface area contributed by atoms with Crippen LogP contribution in [-0.2, 0) is 12.8 Å². The molecule has 1 aliphatic rings. The van der Waals surface area contributed by atoms with Crippen LogP contribution in [-0.4, -0.2) is 0 Å². The van der Waals surface area contributed by atoms with Crippen LogP contribution in [0.3, 0.4) is 0 Å². The van der Waals surface area contributed by atoms with Gasteiger partial charge >= 0.3 is 0 Å². The molecule has 14 heavy (non-hydrogen) atoms. The first-order chi connectivity index (χ1) is 6.61. The van der Waals surface area contributed by atoms with E-state index in [1.165, 1.54) is 0 Å². The zero-order valence-electron chi connectivity index (χ0n) is 8.11. The SMILES string of the molecule is CC(N)c1cc(Cl)c2c(c1F)CCC2. The van der Waals surface area contributed by atoms with Crippen LogP contribution in [0.15, 0.2) is 6.07 Å². The predicted molar refractivity (Wildman–Crippen MR) is 56.0 cm³/mol. The number of nitrogens with two attached hydrogens (primary N) is 1. The summed E-state index contributed by atoms with van der Waals surface area (Å²) in [4.78, 5) is 0. The minimum absolute atomic E-state index is 0.142. The third-order valence-electron chi connectivity index (χ3n) is 2.80. The summed E-state index contributed by atoms with van der Waals surface area (Å²) in [6.07, 6.45) is 2.68. The third kappa shape index (κ3) is 1.43. The molecular formula is C11H13ClFN. The molecular weight excluding hydrogens is 201 g/mol. The van der Waals surface area contributed by atoms with Crippen LogP contribution < -0.4 is 5.73 Å². The van der Waals surface area contributed by atoms with E-state index in [0.29, 0.717) is 10.6 Å². The fourth-order valence-corrected chi connectivity index (χ4v) is 2.37. The topological polar surface area (TPSA) is 26.0 Å². The first kappa shape index (κ1) is 9.94. The van der Waals surface area contributed by atoms with Gasteiger partial charge in [0.15, 0.2) is 0 Å². The molecule has 1 nitrogen and oxygen atoms in total. The fraction of sp³-hybridized carbons (Fsp3) is 0.455. The van der Waals surface area contributed by atoms with Crippen molar-refractivity contribution >= 4 is 11.6 Å². The van der Waals surface area contributed by atoms with E-state index in [-0.39, 0.29) is 11.9 Å². The lowest BCUT2D eigenvalue weighted by atomic mass is 10.0. The smallest absolute Gasteiger partial charge is 0.131 e. The van der Waals surface area contributed by atoms with Crippen molar-refractivity contribution in [2.75, 3.05) is 0 Å². The van der Waals surface area contributed by atoms with E-state index >= 15 is 0 Å². The second kappa shape index (κ2) is 3.52. The largest absolute Gasteiger partial charge is 0.324 e. The van der Waals surface area contributed by atoms with Crippen LogP contribution in [0.5, 0.6) is 0 Å². The summed E-state index contributed by atoms with van der Waals surface area (Å²) in [5.74, 6) is -0.142. The molecule has 0 bridgehead atoms. The van der Waals surface area contributed by atoms with E-state index in [1.54, 1.807) is 13.0 Å². The van der Waals surface area contributed by atoms with Gasteiger partial charge < -0.3 is 5.73 Å². The van der Waals surface area contributed by atoms with Gasteiger partial charge in [-0.25, -0.2) is 4.39 Å².